The van der Waals surface area contributed by atoms with Gasteiger partial charge in [-0.1, -0.05) is 26.5 Å². The molecule has 228 valence electrons. The zero-order chi connectivity index (χ0) is 31.6. The fraction of sp³-hybridized carbons (Fsp3) is 0.371. The molecule has 0 radical (unpaired) electrons. The van der Waals surface area contributed by atoms with Crippen LogP contribution in [0.5, 0.6) is 0 Å². The molecule has 1 aliphatic carbocycles. The van der Waals surface area contributed by atoms with Crippen LogP contribution in [0.3, 0.4) is 0 Å². The molecular formula is C35H38N4O5. The van der Waals surface area contributed by atoms with Crippen molar-refractivity contribution in [2.45, 2.75) is 59.9 Å². The first-order valence-corrected chi connectivity index (χ1v) is 15.1. The summed E-state index contributed by atoms with van der Waals surface area (Å²) in [5.41, 5.74) is 9.89. The number of nitrogens with one attached hydrogen (secondary N) is 3. The SMILES string of the molecule is C=Cc1c2[nH]c(c1C)C=C1NC(=C3C4=NC(C=c5[nH]c(c(C)c5CC)=C2)C(C)=C4C(=O)[C@@H]3C(=O)OC)[C@@H](CCC(=O)O)[C@@H]1C. The summed E-state index contributed by atoms with van der Waals surface area (Å²) in [6.45, 7) is 14.3. The number of hydrogen-bond donors (Lipinski definition) is 4. The van der Waals surface area contributed by atoms with E-state index in [-0.39, 0.29) is 24.0 Å². The lowest BCUT2D eigenvalue weighted by Gasteiger charge is -2.19. The van der Waals surface area contributed by atoms with Crippen LogP contribution in [0.2, 0.25) is 0 Å². The molecule has 4 N–H and O–H groups in total. The van der Waals surface area contributed by atoms with E-state index in [2.05, 4.69) is 47.9 Å². The van der Waals surface area contributed by atoms with Crippen molar-refractivity contribution < 1.29 is 24.2 Å². The van der Waals surface area contributed by atoms with Gasteiger partial charge >= 0.3 is 11.9 Å². The summed E-state index contributed by atoms with van der Waals surface area (Å²) in [6.07, 6.45) is 9.14. The van der Waals surface area contributed by atoms with E-state index >= 15 is 0 Å². The highest BCUT2D eigenvalue weighted by Gasteiger charge is 2.52. The lowest BCUT2D eigenvalue weighted by molar-refractivity contribution is -0.146. The van der Waals surface area contributed by atoms with Gasteiger partial charge in [0.05, 0.1) is 18.9 Å². The van der Waals surface area contributed by atoms with Gasteiger partial charge in [-0.05, 0) is 74.1 Å². The highest BCUT2D eigenvalue weighted by molar-refractivity contribution is 6.42. The van der Waals surface area contributed by atoms with Crippen LogP contribution in [0, 0.1) is 31.6 Å². The molecule has 9 nitrogen and oxygen atoms in total. The number of Topliss-reactive ketones (excluding diaryl/α,β-unsaturated/α-hetero) is 1. The minimum absolute atomic E-state index is 0.0580. The maximum atomic E-state index is 14.0. The number of carbonyl (C=O) groups is 3. The predicted octanol–water partition coefficient (Wildman–Crippen LogP) is 3.61. The van der Waals surface area contributed by atoms with E-state index in [1.165, 1.54) is 12.7 Å². The molecule has 2 aromatic heterocycles. The number of ketones is 1. The van der Waals surface area contributed by atoms with Gasteiger partial charge in [0.2, 0.25) is 0 Å². The molecule has 9 heteroatoms. The van der Waals surface area contributed by atoms with Crippen LogP contribution >= 0.6 is 0 Å². The van der Waals surface area contributed by atoms with Crippen LogP contribution in [-0.4, -0.2) is 51.7 Å². The second-order valence-corrected chi connectivity index (χ2v) is 12.1. The van der Waals surface area contributed by atoms with Crippen LogP contribution in [0.15, 0.2) is 39.7 Å². The minimum Gasteiger partial charge on any atom is -0.481 e. The largest absolute Gasteiger partial charge is 0.481 e. The summed E-state index contributed by atoms with van der Waals surface area (Å²) in [5, 5.41) is 15.1. The maximum absolute atomic E-state index is 14.0. The Morgan fingerprint density at radius 1 is 1.11 bits per heavy atom. The Kier molecular flexibility index (Phi) is 7.22. The summed E-state index contributed by atoms with van der Waals surface area (Å²) in [4.78, 5) is 51.2. The van der Waals surface area contributed by atoms with Crippen LogP contribution in [0.1, 0.15) is 67.3 Å². The van der Waals surface area contributed by atoms with Crippen LogP contribution in [0.4, 0.5) is 0 Å². The second-order valence-electron chi connectivity index (χ2n) is 12.1. The molecule has 1 saturated carbocycles. The molecule has 6 rings (SSSR count). The summed E-state index contributed by atoms with van der Waals surface area (Å²) in [6, 6.07) is -0.406. The third-order valence-electron chi connectivity index (χ3n) is 9.82. The van der Waals surface area contributed by atoms with Crippen LogP contribution in [0.25, 0.3) is 24.3 Å². The van der Waals surface area contributed by atoms with Crippen molar-refractivity contribution in [1.82, 2.24) is 15.3 Å². The topological polar surface area (TPSA) is 137 Å². The zero-order valence-corrected chi connectivity index (χ0v) is 26.0. The number of H-pyrrole nitrogens is 2. The normalized spacial score (nSPS) is 23.6. The molecule has 5 heterocycles. The molecular weight excluding hydrogens is 556 g/mol. The highest BCUT2D eigenvalue weighted by atomic mass is 16.5. The molecule has 4 aliphatic rings. The summed E-state index contributed by atoms with van der Waals surface area (Å²) < 4.78 is 5.14. The van der Waals surface area contributed by atoms with Crippen molar-refractivity contribution in [3.8, 4) is 0 Å². The van der Waals surface area contributed by atoms with Crippen LogP contribution < -0.4 is 16.0 Å². The lowest BCUT2D eigenvalue weighted by atomic mass is 9.85. The van der Waals surface area contributed by atoms with Gasteiger partial charge in [-0.25, -0.2) is 0 Å². The molecule has 2 aromatic rings. The predicted molar refractivity (Wildman–Crippen MR) is 170 cm³/mol. The van der Waals surface area contributed by atoms with Crippen molar-refractivity contribution in [1.29, 1.82) is 0 Å². The van der Waals surface area contributed by atoms with E-state index < -0.39 is 23.9 Å². The summed E-state index contributed by atoms with van der Waals surface area (Å²) >= 11 is 0. The third kappa shape index (κ3) is 4.36. The van der Waals surface area contributed by atoms with E-state index in [9.17, 15) is 19.5 Å². The second kappa shape index (κ2) is 10.8. The molecule has 3 aliphatic heterocycles. The molecule has 0 aromatic carbocycles. The maximum Gasteiger partial charge on any atom is 0.321 e. The summed E-state index contributed by atoms with van der Waals surface area (Å²) in [5.74, 6) is -3.46. The number of nitrogens with zero attached hydrogens (tertiary/aromatic N) is 1. The van der Waals surface area contributed by atoms with E-state index in [4.69, 9.17) is 9.73 Å². The van der Waals surface area contributed by atoms with Gasteiger partial charge in [-0.15, -0.1) is 0 Å². The molecule has 1 saturated heterocycles. The Balaban J connectivity index is 1.71. The average molecular weight is 595 g/mol. The van der Waals surface area contributed by atoms with E-state index in [0.717, 1.165) is 56.5 Å². The number of ether oxygens (including phenoxy) is 1. The molecule has 1 unspecified atom stereocenters. The molecule has 4 atom stereocenters. The Bertz CT molecular complexity index is 1910. The van der Waals surface area contributed by atoms with Crippen molar-refractivity contribution >= 4 is 47.7 Å². The molecule has 8 bridgehead atoms. The number of carboxylic acids is 1. The number of aromatic nitrogens is 2. The van der Waals surface area contributed by atoms with Crippen molar-refractivity contribution in [3.05, 3.63) is 79.0 Å². The van der Waals surface area contributed by atoms with E-state index in [0.29, 0.717) is 29.0 Å². The molecule has 2 fully saturated rings. The van der Waals surface area contributed by atoms with Crippen molar-refractivity contribution in [2.24, 2.45) is 22.7 Å². The number of methoxy groups -OCH3 is 1. The zero-order valence-electron chi connectivity index (χ0n) is 26.0. The first-order chi connectivity index (χ1) is 21.0. The fourth-order valence-corrected chi connectivity index (χ4v) is 7.34. The Hall–Kier alpha value is -4.66. The van der Waals surface area contributed by atoms with Crippen molar-refractivity contribution in [3.63, 3.8) is 0 Å². The molecule has 0 spiro atoms. The number of hydrogen-bond acceptors (Lipinski definition) is 6. The quantitative estimate of drug-likeness (QED) is 0.298. The minimum atomic E-state index is -1.17. The van der Waals surface area contributed by atoms with Gasteiger partial charge in [0.25, 0.3) is 0 Å². The van der Waals surface area contributed by atoms with Crippen molar-refractivity contribution in [2.75, 3.05) is 7.11 Å². The summed E-state index contributed by atoms with van der Waals surface area (Å²) in [7, 11) is 1.28. The van der Waals surface area contributed by atoms with Gasteiger partial charge < -0.3 is 25.1 Å². The van der Waals surface area contributed by atoms with Gasteiger partial charge in [0.1, 0.15) is 5.92 Å². The molecule has 44 heavy (non-hydrogen) atoms. The van der Waals surface area contributed by atoms with E-state index in [1.54, 1.807) is 0 Å². The monoisotopic (exact) mass is 594 g/mol. The van der Waals surface area contributed by atoms with Gasteiger partial charge in [-0.2, -0.15) is 0 Å². The number of aliphatic imine (C=N–C) groups is 1. The van der Waals surface area contributed by atoms with Gasteiger partial charge in [0, 0.05) is 68.4 Å². The number of carbonyl (C=O) groups excluding carboxylic acids is 2. The van der Waals surface area contributed by atoms with Gasteiger partial charge in [0.15, 0.2) is 5.78 Å². The lowest BCUT2D eigenvalue weighted by Crippen LogP contribution is -2.27. The van der Waals surface area contributed by atoms with E-state index in [1.807, 2.05) is 32.9 Å². The Labute approximate surface area is 255 Å². The highest BCUT2D eigenvalue weighted by Crippen LogP contribution is 2.46. The number of allylic oxidation sites excluding steroid dienone is 3. The number of aromatic amines is 2. The Morgan fingerprint density at radius 2 is 1.86 bits per heavy atom. The fourth-order valence-electron chi connectivity index (χ4n) is 7.34. The first-order valence-electron chi connectivity index (χ1n) is 15.1. The number of esters is 1. The number of carboxylic acid groups (broad SMARTS) is 1. The van der Waals surface area contributed by atoms with Crippen LogP contribution in [-0.2, 0) is 25.5 Å². The van der Waals surface area contributed by atoms with Gasteiger partial charge in [-0.3, -0.25) is 19.4 Å². The number of rotatable bonds is 6. The number of aliphatic carboxylic acids is 1. The molecule has 0 amide bonds. The number of fused-ring (bicyclic) bond motifs is 7. The average Bonchev–Trinajstić information content (AvgIpc) is 3.72. The standard InChI is InChI=1S/C35H38N4O5/c1-8-19-15(3)22-12-24-17(5)21(10-11-28(40)41)32(38-24)30-31(35(43)44-7)34(42)29-18(6)25(39-33(29)30)14-27-20(9-2)16(4)23(37-27)13-26(19)36-22/h8,12-14,17,21,25,31,36-38H,1,9-11H2,2-7H3,(H,40,41)/t17-,21-,25?,31+/m0/s1. The smallest absolute Gasteiger partial charge is 0.321 e. The first kappa shape index (κ1) is 29.4. The third-order valence-corrected chi connectivity index (χ3v) is 9.82. The Morgan fingerprint density at radius 3 is 2.52 bits per heavy atom.